The molecule has 1 saturated carbocycles. The van der Waals surface area contributed by atoms with Gasteiger partial charge in [-0.05, 0) is 104 Å². The Morgan fingerprint density at radius 1 is 0.788 bits per heavy atom. The Kier molecular flexibility index (Phi) is 7.61. The molecule has 2 aliphatic carbocycles. The molecule has 0 saturated heterocycles. The molecule has 2 aromatic rings. The van der Waals surface area contributed by atoms with Gasteiger partial charge in [-0.15, -0.1) is 0 Å². The molecule has 0 aliphatic heterocycles. The van der Waals surface area contributed by atoms with Crippen molar-refractivity contribution in [1.82, 2.24) is 0 Å². The van der Waals surface area contributed by atoms with Gasteiger partial charge in [-0.2, -0.15) is 0 Å². The summed E-state index contributed by atoms with van der Waals surface area (Å²) in [5.41, 5.74) is 2.67. The van der Waals surface area contributed by atoms with Crippen LogP contribution in [0.3, 0.4) is 0 Å². The molecular weight excluding hydrogens is 424 g/mol. The third-order valence-electron chi connectivity index (χ3n) is 7.86. The van der Waals surface area contributed by atoms with Gasteiger partial charge in [-0.1, -0.05) is 44.2 Å². The summed E-state index contributed by atoms with van der Waals surface area (Å²) in [7, 11) is 0. The molecule has 2 aliphatic rings. The first-order valence-electron chi connectivity index (χ1n) is 12.5. The second-order valence-electron chi connectivity index (χ2n) is 10.1. The molecule has 0 aromatic heterocycles. The van der Waals surface area contributed by atoms with Gasteiger partial charge < -0.3 is 0 Å². The molecule has 0 spiro atoms. The first-order chi connectivity index (χ1) is 15.9. The minimum Gasteiger partial charge on any atom is -0.203 e. The van der Waals surface area contributed by atoms with E-state index in [0.717, 1.165) is 56.9 Å². The van der Waals surface area contributed by atoms with Crippen LogP contribution in [0, 0.1) is 35.1 Å². The van der Waals surface area contributed by atoms with Crippen LogP contribution in [-0.4, -0.2) is 0 Å². The van der Waals surface area contributed by atoms with Crippen molar-refractivity contribution < 1.29 is 17.6 Å². The van der Waals surface area contributed by atoms with Gasteiger partial charge in [0, 0.05) is 5.56 Å². The monoisotopic (exact) mass is 458 g/mol. The molecule has 0 N–H and O–H groups in total. The summed E-state index contributed by atoms with van der Waals surface area (Å²) in [6, 6.07) is 6.92. The highest BCUT2D eigenvalue weighted by molar-refractivity contribution is 5.67. The first kappa shape index (κ1) is 24.0. The van der Waals surface area contributed by atoms with Gasteiger partial charge in [-0.3, -0.25) is 0 Å². The van der Waals surface area contributed by atoms with Crippen molar-refractivity contribution in [1.29, 1.82) is 0 Å². The predicted octanol–water partition coefficient (Wildman–Crippen LogP) is 8.92. The SMILES string of the molecule is CCc1ccc(C2CCC(CCc3ccc(C4=CCC(C)CC4)c(F)c3F)CC2)c(F)c1F. The molecule has 1 atom stereocenters. The van der Waals surface area contributed by atoms with Crippen LogP contribution in [0.5, 0.6) is 0 Å². The lowest BCUT2D eigenvalue weighted by Crippen LogP contribution is -2.16. The van der Waals surface area contributed by atoms with E-state index in [1.54, 1.807) is 24.3 Å². The molecule has 4 heteroatoms. The standard InChI is InChI=1S/C29H34F4/c1-3-20-14-16-24(28(32)26(20)30)22-11-6-19(7-12-22)8-13-23-15-17-25(29(33)27(23)31)21-9-4-18(2)5-10-21/h9,14-19,22H,3-8,10-13H2,1-2H3. The average Bonchev–Trinajstić information content (AvgIpc) is 2.83. The fraction of sp³-hybridized carbons (Fsp3) is 0.517. The van der Waals surface area contributed by atoms with E-state index in [4.69, 9.17) is 0 Å². The van der Waals surface area contributed by atoms with E-state index >= 15 is 0 Å². The van der Waals surface area contributed by atoms with Gasteiger partial charge in [0.1, 0.15) is 0 Å². The Morgan fingerprint density at radius 3 is 2.15 bits per heavy atom. The Balaban J connectivity index is 1.35. The van der Waals surface area contributed by atoms with Crippen molar-refractivity contribution in [2.75, 3.05) is 0 Å². The number of rotatable bonds is 6. The summed E-state index contributed by atoms with van der Waals surface area (Å²) >= 11 is 0. The average molecular weight is 459 g/mol. The molecule has 33 heavy (non-hydrogen) atoms. The van der Waals surface area contributed by atoms with Crippen LogP contribution in [0.2, 0.25) is 0 Å². The zero-order valence-electron chi connectivity index (χ0n) is 19.7. The maximum atomic E-state index is 14.8. The normalized spacial score (nSPS) is 23.5. The molecule has 0 bridgehead atoms. The number of halogens is 4. The quantitative estimate of drug-likeness (QED) is 0.379. The maximum Gasteiger partial charge on any atom is 0.166 e. The molecular formula is C29H34F4. The second kappa shape index (κ2) is 10.4. The smallest absolute Gasteiger partial charge is 0.166 e. The summed E-state index contributed by atoms with van der Waals surface area (Å²) < 4.78 is 58.3. The third-order valence-corrected chi connectivity index (χ3v) is 7.86. The highest BCUT2D eigenvalue weighted by atomic mass is 19.2. The van der Waals surface area contributed by atoms with Crippen LogP contribution in [0.1, 0.15) is 93.4 Å². The number of hydrogen-bond donors (Lipinski definition) is 0. The van der Waals surface area contributed by atoms with Gasteiger partial charge in [0.25, 0.3) is 0 Å². The molecule has 1 unspecified atom stereocenters. The molecule has 0 amide bonds. The van der Waals surface area contributed by atoms with Gasteiger partial charge in [0.15, 0.2) is 23.3 Å². The van der Waals surface area contributed by atoms with Crippen molar-refractivity contribution in [3.63, 3.8) is 0 Å². The summed E-state index contributed by atoms with van der Waals surface area (Å²) in [5.74, 6) is -1.81. The van der Waals surface area contributed by atoms with E-state index in [9.17, 15) is 17.6 Å². The minimum atomic E-state index is -0.718. The number of benzene rings is 2. The molecule has 0 heterocycles. The van der Waals surface area contributed by atoms with Crippen LogP contribution in [0.25, 0.3) is 5.57 Å². The highest BCUT2D eigenvalue weighted by Crippen LogP contribution is 2.39. The lowest BCUT2D eigenvalue weighted by Gasteiger charge is -2.29. The van der Waals surface area contributed by atoms with E-state index in [0.29, 0.717) is 46.9 Å². The van der Waals surface area contributed by atoms with Gasteiger partial charge in [0.05, 0.1) is 0 Å². The van der Waals surface area contributed by atoms with Crippen LogP contribution >= 0.6 is 0 Å². The fourth-order valence-corrected chi connectivity index (χ4v) is 5.55. The number of allylic oxidation sites excluding steroid dienone is 2. The van der Waals surface area contributed by atoms with E-state index in [1.807, 2.05) is 6.92 Å². The summed E-state index contributed by atoms with van der Waals surface area (Å²) in [5, 5.41) is 0. The molecule has 0 radical (unpaired) electrons. The van der Waals surface area contributed by atoms with Crippen LogP contribution < -0.4 is 0 Å². The molecule has 4 rings (SSSR count). The Hall–Kier alpha value is -2.10. The van der Waals surface area contributed by atoms with Crippen molar-refractivity contribution in [3.8, 4) is 0 Å². The molecule has 1 fully saturated rings. The minimum absolute atomic E-state index is 0.0293. The Bertz CT molecular complexity index is 1010. The topological polar surface area (TPSA) is 0 Å². The van der Waals surface area contributed by atoms with Crippen LogP contribution in [0.4, 0.5) is 17.6 Å². The highest BCUT2D eigenvalue weighted by Gasteiger charge is 2.27. The van der Waals surface area contributed by atoms with Gasteiger partial charge in [-0.25, -0.2) is 17.6 Å². The maximum absolute atomic E-state index is 14.8. The van der Waals surface area contributed by atoms with Gasteiger partial charge in [0.2, 0.25) is 0 Å². The first-order valence-corrected chi connectivity index (χ1v) is 12.5. The predicted molar refractivity (Wildman–Crippen MR) is 126 cm³/mol. The van der Waals surface area contributed by atoms with E-state index in [1.165, 1.54) is 0 Å². The zero-order valence-corrected chi connectivity index (χ0v) is 19.7. The summed E-state index contributed by atoms with van der Waals surface area (Å²) in [6.07, 6.45) is 9.94. The van der Waals surface area contributed by atoms with Crippen LogP contribution in [0.15, 0.2) is 30.3 Å². The van der Waals surface area contributed by atoms with Crippen LogP contribution in [-0.2, 0) is 12.8 Å². The van der Waals surface area contributed by atoms with Crippen molar-refractivity contribution in [2.24, 2.45) is 11.8 Å². The molecule has 178 valence electrons. The number of hydrogen-bond acceptors (Lipinski definition) is 0. The third kappa shape index (κ3) is 5.20. The van der Waals surface area contributed by atoms with E-state index in [2.05, 4.69) is 13.0 Å². The fourth-order valence-electron chi connectivity index (χ4n) is 5.55. The molecule has 2 aromatic carbocycles. The number of aryl methyl sites for hydroxylation is 2. The van der Waals surface area contributed by atoms with E-state index < -0.39 is 23.3 Å². The lowest BCUT2D eigenvalue weighted by atomic mass is 9.76. The largest absolute Gasteiger partial charge is 0.203 e. The van der Waals surface area contributed by atoms with Crippen molar-refractivity contribution >= 4 is 5.57 Å². The zero-order chi connectivity index (χ0) is 23.5. The van der Waals surface area contributed by atoms with Crippen molar-refractivity contribution in [2.45, 2.75) is 84.0 Å². The van der Waals surface area contributed by atoms with Crippen molar-refractivity contribution in [3.05, 3.63) is 75.9 Å². The lowest BCUT2D eigenvalue weighted by molar-refractivity contribution is 0.303. The van der Waals surface area contributed by atoms with Gasteiger partial charge >= 0.3 is 0 Å². The summed E-state index contributed by atoms with van der Waals surface area (Å²) in [6.45, 7) is 4.00. The molecule has 0 nitrogen and oxygen atoms in total. The Labute approximate surface area is 195 Å². The van der Waals surface area contributed by atoms with E-state index in [-0.39, 0.29) is 5.92 Å². The second-order valence-corrected chi connectivity index (χ2v) is 10.1. The summed E-state index contributed by atoms with van der Waals surface area (Å²) in [4.78, 5) is 0. The Morgan fingerprint density at radius 2 is 1.48 bits per heavy atom.